The molecule has 24 valence electrons. The maximum absolute atomic E-state index is 9.21. The van der Waals surface area contributed by atoms with Crippen LogP contribution in [0.25, 0.3) is 0 Å². The van der Waals surface area contributed by atoms with Gasteiger partial charge in [-0.05, 0) is 6.04 Å². The summed E-state index contributed by atoms with van der Waals surface area (Å²) in [5.74, 6) is 0. The lowest BCUT2D eigenvalue weighted by Gasteiger charge is -1.50. The van der Waals surface area contributed by atoms with Crippen molar-refractivity contribution in [2.75, 3.05) is 0 Å². The molecule has 0 aliphatic carbocycles. The maximum atomic E-state index is 9.21. The van der Waals surface area contributed by atoms with Gasteiger partial charge in [-0.3, -0.25) is 0 Å². The molecule has 0 unspecified atom stereocenters. The van der Waals surface area contributed by atoms with Gasteiger partial charge < -0.3 is 4.79 Å². The van der Waals surface area contributed by atoms with E-state index in [0.29, 0.717) is 0 Å². The molecule has 0 spiro atoms. The lowest BCUT2D eigenvalue weighted by molar-refractivity contribution is -0.106. The van der Waals surface area contributed by atoms with Crippen LogP contribution < -0.4 is 0 Å². The maximum Gasteiger partial charge on any atom is 0.116 e. The fraction of sp³-hybridized carbons (Fsp3) is 0.500. The van der Waals surface area contributed by atoms with Gasteiger partial charge in [-0.15, -0.1) is 0 Å². The van der Waals surface area contributed by atoms with E-state index in [4.69, 9.17) is 0 Å². The van der Waals surface area contributed by atoms with Crippen molar-refractivity contribution in [1.29, 1.82) is 0 Å². The predicted molar refractivity (Wildman–Crippen MR) is 20.8 cm³/mol. The minimum atomic E-state index is 0.778. The first-order chi connectivity index (χ1) is 1.91. The first-order valence-corrected chi connectivity index (χ1v) is 2.77. The second kappa shape index (κ2) is 2.89. The van der Waals surface area contributed by atoms with E-state index in [9.17, 15) is 4.79 Å². The number of hydrogen-bond acceptors (Lipinski definition) is 1. The third-order valence-corrected chi connectivity index (χ3v) is 0.500. The lowest BCUT2D eigenvalue weighted by atomic mass is 10.9. The molecule has 2 heteroatoms. The van der Waals surface area contributed by atoms with Crippen LogP contribution >= 0.6 is 0 Å². The number of aldehydes is 1. The summed E-state index contributed by atoms with van der Waals surface area (Å²) in [5, 5.41) is 0. The van der Waals surface area contributed by atoms with E-state index >= 15 is 0 Å². The van der Waals surface area contributed by atoms with Crippen molar-refractivity contribution in [3.05, 3.63) is 0 Å². The fourth-order valence-electron chi connectivity index (χ4n) is 0. The van der Waals surface area contributed by atoms with Gasteiger partial charge in [0.05, 0.1) is 0 Å². The van der Waals surface area contributed by atoms with Crippen molar-refractivity contribution in [2.24, 2.45) is 0 Å². The highest BCUT2D eigenvalue weighted by Gasteiger charge is 1.53. The van der Waals surface area contributed by atoms with Crippen molar-refractivity contribution < 1.29 is 4.79 Å². The van der Waals surface area contributed by atoms with Crippen LogP contribution in [0.1, 0.15) is 0 Å². The van der Waals surface area contributed by atoms with Crippen LogP contribution in [-0.2, 0) is 4.79 Å². The Hall–Kier alpha value is -0.113. The molecular formula is C2H6OSi. The monoisotopic (exact) mass is 74.0 g/mol. The molecule has 0 aromatic carbocycles. The Balaban J connectivity index is 2.30. The third-order valence-electron chi connectivity index (χ3n) is 0.167. The Morgan fingerprint density at radius 3 is 2.25 bits per heavy atom. The first kappa shape index (κ1) is 3.89. The number of hydrogen-bond donors (Lipinski definition) is 0. The molecule has 0 amide bonds. The number of rotatable bonds is 1. The highest BCUT2D eigenvalue weighted by atomic mass is 28.1. The van der Waals surface area contributed by atoms with Gasteiger partial charge in [0.15, 0.2) is 0 Å². The highest BCUT2D eigenvalue weighted by molar-refractivity contribution is 6.15. The SMILES string of the molecule is O=CC[SiH3]. The molecule has 0 aromatic rings. The zero-order valence-corrected chi connectivity index (χ0v) is 4.69. The van der Waals surface area contributed by atoms with E-state index in [-0.39, 0.29) is 0 Å². The van der Waals surface area contributed by atoms with E-state index in [2.05, 4.69) is 0 Å². The van der Waals surface area contributed by atoms with Crippen LogP contribution in [0.4, 0.5) is 0 Å². The number of carbonyl (C=O) groups is 1. The molecule has 0 radical (unpaired) electrons. The minimum Gasteiger partial charge on any atom is -0.304 e. The van der Waals surface area contributed by atoms with Crippen molar-refractivity contribution in [2.45, 2.75) is 6.04 Å². The van der Waals surface area contributed by atoms with Crippen LogP contribution in [0, 0.1) is 0 Å². The molecule has 0 rings (SSSR count). The fourth-order valence-corrected chi connectivity index (χ4v) is 0. The Labute approximate surface area is 28.4 Å². The van der Waals surface area contributed by atoms with E-state index < -0.39 is 0 Å². The van der Waals surface area contributed by atoms with Crippen LogP contribution in [0.3, 0.4) is 0 Å². The van der Waals surface area contributed by atoms with E-state index in [0.717, 1.165) is 22.6 Å². The quantitative estimate of drug-likeness (QED) is 0.287. The molecular weight excluding hydrogens is 68.1 g/mol. The van der Waals surface area contributed by atoms with Gasteiger partial charge >= 0.3 is 0 Å². The molecule has 0 aromatic heterocycles. The second-order valence-electron chi connectivity index (χ2n) is 0.575. The Kier molecular flexibility index (Phi) is 2.81. The smallest absolute Gasteiger partial charge is 0.116 e. The lowest BCUT2D eigenvalue weighted by Crippen LogP contribution is -1.61. The zero-order chi connectivity index (χ0) is 3.41. The minimum absolute atomic E-state index is 0.778. The average molecular weight is 74.2 g/mol. The van der Waals surface area contributed by atoms with Gasteiger partial charge in [0.1, 0.15) is 6.29 Å². The van der Waals surface area contributed by atoms with Crippen molar-refractivity contribution in [3.63, 3.8) is 0 Å². The molecule has 0 atom stereocenters. The molecule has 0 N–H and O–H groups in total. The molecule has 0 saturated heterocycles. The molecule has 0 fully saturated rings. The van der Waals surface area contributed by atoms with Gasteiger partial charge in [-0.25, -0.2) is 0 Å². The predicted octanol–water partition coefficient (Wildman–Crippen LogP) is -1.03. The molecule has 4 heavy (non-hydrogen) atoms. The molecule has 0 aliphatic rings. The van der Waals surface area contributed by atoms with Gasteiger partial charge in [0.2, 0.25) is 0 Å². The average Bonchev–Trinajstić information content (AvgIpc) is 1.37. The van der Waals surface area contributed by atoms with E-state index in [1.54, 1.807) is 0 Å². The van der Waals surface area contributed by atoms with Gasteiger partial charge in [-0.2, -0.15) is 0 Å². The third kappa shape index (κ3) is 1.89. The van der Waals surface area contributed by atoms with Crippen molar-refractivity contribution >= 4 is 16.5 Å². The largest absolute Gasteiger partial charge is 0.304 e. The summed E-state index contributed by atoms with van der Waals surface area (Å²) in [6.45, 7) is 0. The van der Waals surface area contributed by atoms with Gasteiger partial charge in [0.25, 0.3) is 0 Å². The van der Waals surface area contributed by atoms with Crippen molar-refractivity contribution in [3.8, 4) is 0 Å². The van der Waals surface area contributed by atoms with Crippen LogP contribution in [0.15, 0.2) is 0 Å². The van der Waals surface area contributed by atoms with Crippen LogP contribution in [0.2, 0.25) is 6.04 Å². The summed E-state index contributed by atoms with van der Waals surface area (Å²) >= 11 is 0. The molecule has 0 aliphatic heterocycles. The zero-order valence-electron chi connectivity index (χ0n) is 2.69. The van der Waals surface area contributed by atoms with Gasteiger partial charge in [0, 0.05) is 10.2 Å². The summed E-state index contributed by atoms with van der Waals surface area (Å²) in [6, 6.07) is 0.778. The summed E-state index contributed by atoms with van der Waals surface area (Å²) in [6.07, 6.45) is 0.937. The summed E-state index contributed by atoms with van der Waals surface area (Å²) in [7, 11) is 1.02. The number of carbonyl (C=O) groups excluding carboxylic acids is 1. The molecule has 0 saturated carbocycles. The molecule has 1 nitrogen and oxygen atoms in total. The summed E-state index contributed by atoms with van der Waals surface area (Å²) in [5.41, 5.74) is 0. The van der Waals surface area contributed by atoms with Crippen LogP contribution in [-0.4, -0.2) is 16.5 Å². The highest BCUT2D eigenvalue weighted by Crippen LogP contribution is 1.46. The Bertz CT molecular complexity index is 20.0. The topological polar surface area (TPSA) is 17.1 Å². The van der Waals surface area contributed by atoms with Gasteiger partial charge in [-0.1, -0.05) is 0 Å². The Morgan fingerprint density at radius 1 is 2.00 bits per heavy atom. The molecule has 0 bridgehead atoms. The normalized spacial score (nSPS) is 7.00. The van der Waals surface area contributed by atoms with Crippen LogP contribution in [0.5, 0.6) is 0 Å². The summed E-state index contributed by atoms with van der Waals surface area (Å²) in [4.78, 5) is 9.21. The van der Waals surface area contributed by atoms with Crippen molar-refractivity contribution in [1.82, 2.24) is 0 Å². The van der Waals surface area contributed by atoms with E-state index in [1.165, 1.54) is 0 Å². The molecule has 0 heterocycles. The first-order valence-electron chi connectivity index (χ1n) is 1.35. The Morgan fingerprint density at radius 2 is 2.25 bits per heavy atom. The second-order valence-corrected chi connectivity index (χ2v) is 1.39. The van der Waals surface area contributed by atoms with E-state index in [1.807, 2.05) is 0 Å². The summed E-state index contributed by atoms with van der Waals surface area (Å²) < 4.78 is 0. The standard InChI is InChI=1S/C2H6OSi/c3-1-2-4/h1H,2H2,4H3.